The van der Waals surface area contributed by atoms with E-state index >= 15 is 0 Å². The smallest absolute Gasteiger partial charge is 0.0807 e. The first kappa shape index (κ1) is 20.5. The van der Waals surface area contributed by atoms with Gasteiger partial charge in [0.05, 0.1) is 18.0 Å². The second-order valence-corrected chi connectivity index (χ2v) is 8.98. The van der Waals surface area contributed by atoms with Gasteiger partial charge in [-0.1, -0.05) is 38.3 Å². The van der Waals surface area contributed by atoms with E-state index in [0.29, 0.717) is 0 Å². The van der Waals surface area contributed by atoms with E-state index in [2.05, 4.69) is 85.6 Å². The highest BCUT2D eigenvalue weighted by atomic mass is 15.2. The normalized spacial score (nSPS) is 19.9. The average molecular weight is 400 g/mol. The molecule has 1 aromatic rings. The first-order valence-electron chi connectivity index (χ1n) is 11.0. The van der Waals surface area contributed by atoms with Crippen LogP contribution in [0.2, 0.25) is 0 Å². The Hall–Kier alpha value is -2.81. The fourth-order valence-corrected chi connectivity index (χ4v) is 4.22. The fourth-order valence-electron chi connectivity index (χ4n) is 4.22. The van der Waals surface area contributed by atoms with Crippen LogP contribution < -0.4 is 5.32 Å². The largest absolute Gasteiger partial charge is 0.374 e. The molecule has 1 aliphatic carbocycles. The van der Waals surface area contributed by atoms with Gasteiger partial charge in [-0.3, -0.25) is 4.99 Å². The van der Waals surface area contributed by atoms with E-state index in [1.54, 1.807) is 0 Å². The molecule has 1 aromatic carbocycles. The summed E-state index contributed by atoms with van der Waals surface area (Å²) in [7, 11) is 0. The van der Waals surface area contributed by atoms with E-state index in [4.69, 9.17) is 0 Å². The summed E-state index contributed by atoms with van der Waals surface area (Å²) in [5.41, 5.74) is 9.31. The Kier molecular flexibility index (Phi) is 5.80. The molecule has 2 heterocycles. The van der Waals surface area contributed by atoms with Crippen molar-refractivity contribution in [3.8, 4) is 0 Å². The van der Waals surface area contributed by atoms with Gasteiger partial charge in [-0.15, -0.1) is 0 Å². The van der Waals surface area contributed by atoms with Crippen LogP contribution in [0.5, 0.6) is 0 Å². The van der Waals surface area contributed by atoms with E-state index in [-0.39, 0.29) is 0 Å². The molecular weight excluding hydrogens is 366 g/mol. The molecule has 1 N–H and O–H groups in total. The molecule has 0 radical (unpaired) electrons. The van der Waals surface area contributed by atoms with Gasteiger partial charge in [-0.25, -0.2) is 0 Å². The summed E-state index contributed by atoms with van der Waals surface area (Å²) in [6.45, 7) is 18.0. The third-order valence-corrected chi connectivity index (χ3v) is 6.23. The van der Waals surface area contributed by atoms with Gasteiger partial charge in [-0.05, 0) is 85.1 Å². The molecule has 0 amide bonds. The van der Waals surface area contributed by atoms with Gasteiger partial charge >= 0.3 is 0 Å². The van der Waals surface area contributed by atoms with Crippen LogP contribution in [0, 0.1) is 18.8 Å². The van der Waals surface area contributed by atoms with Crippen LogP contribution in [0.1, 0.15) is 37.8 Å². The van der Waals surface area contributed by atoms with Crippen LogP contribution in [-0.2, 0) is 0 Å². The van der Waals surface area contributed by atoms with Gasteiger partial charge in [0, 0.05) is 24.5 Å². The van der Waals surface area contributed by atoms with Crippen LogP contribution >= 0.6 is 0 Å². The van der Waals surface area contributed by atoms with Crippen molar-refractivity contribution in [3.05, 3.63) is 83.8 Å². The van der Waals surface area contributed by atoms with Crippen molar-refractivity contribution in [1.82, 2.24) is 4.90 Å². The third kappa shape index (κ3) is 4.51. The number of anilines is 1. The molecular formula is C27H33N3. The molecule has 30 heavy (non-hydrogen) atoms. The Morgan fingerprint density at radius 2 is 2.03 bits per heavy atom. The monoisotopic (exact) mass is 399 g/mol. The van der Waals surface area contributed by atoms with Gasteiger partial charge in [0.25, 0.3) is 0 Å². The summed E-state index contributed by atoms with van der Waals surface area (Å²) < 4.78 is 0. The van der Waals surface area contributed by atoms with Crippen molar-refractivity contribution in [2.75, 3.05) is 25.0 Å². The summed E-state index contributed by atoms with van der Waals surface area (Å²) in [6.07, 6.45) is 11.1. The number of hydrogen-bond donors (Lipinski definition) is 1. The molecule has 3 aliphatic rings. The lowest BCUT2D eigenvalue weighted by molar-refractivity contribution is 0.158. The third-order valence-electron chi connectivity index (χ3n) is 6.23. The predicted molar refractivity (Wildman–Crippen MR) is 130 cm³/mol. The highest BCUT2D eigenvalue weighted by Gasteiger charge is 2.28. The quantitative estimate of drug-likeness (QED) is 0.532. The minimum absolute atomic E-state index is 0.765. The maximum Gasteiger partial charge on any atom is 0.0807 e. The number of likely N-dealkylation sites (tertiary alicyclic amines) is 1. The van der Waals surface area contributed by atoms with Gasteiger partial charge < -0.3 is 10.2 Å². The second-order valence-electron chi connectivity index (χ2n) is 8.98. The Morgan fingerprint density at radius 3 is 2.70 bits per heavy atom. The average Bonchev–Trinajstić information content (AvgIpc) is 3.43. The van der Waals surface area contributed by atoms with Crippen LogP contribution in [0.4, 0.5) is 5.69 Å². The van der Waals surface area contributed by atoms with E-state index in [1.807, 2.05) is 6.08 Å². The Labute approximate surface area is 181 Å². The number of hydrogen-bond acceptors (Lipinski definition) is 3. The topological polar surface area (TPSA) is 27.6 Å². The lowest BCUT2D eigenvalue weighted by atomic mass is 9.96. The molecule has 3 heteroatoms. The number of rotatable bonds is 8. The van der Waals surface area contributed by atoms with Crippen molar-refractivity contribution in [1.29, 1.82) is 0 Å². The number of benzene rings is 1. The molecule has 1 saturated carbocycles. The van der Waals surface area contributed by atoms with E-state index < -0.39 is 0 Å². The molecule has 1 saturated heterocycles. The number of nitrogens with one attached hydrogen (secondary N) is 1. The Morgan fingerprint density at radius 1 is 1.27 bits per heavy atom. The van der Waals surface area contributed by atoms with Crippen LogP contribution in [0.25, 0.3) is 5.57 Å². The van der Waals surface area contributed by atoms with Crippen molar-refractivity contribution in [2.24, 2.45) is 16.8 Å². The summed E-state index contributed by atoms with van der Waals surface area (Å²) in [5.74, 6) is 1.55. The molecule has 3 nitrogen and oxygen atoms in total. The SMILES string of the molecule is C=C/C=C(\C=C(/C)N1CC(C)C1)c1cc(NC(=C)C2=NCC(C3CC3)=C2)ccc1C. The number of nitrogens with zero attached hydrogens (tertiary/aromatic N) is 2. The number of allylic oxidation sites excluding steroid dienone is 6. The minimum Gasteiger partial charge on any atom is -0.374 e. The van der Waals surface area contributed by atoms with E-state index in [9.17, 15) is 0 Å². The maximum absolute atomic E-state index is 4.68. The van der Waals surface area contributed by atoms with Gasteiger partial charge in [-0.2, -0.15) is 0 Å². The van der Waals surface area contributed by atoms with E-state index in [0.717, 1.165) is 48.6 Å². The standard InChI is InChI=1S/C27H33N3/c1-6-7-23(12-20(4)30-16-18(2)17-30)26-14-25(11-8-19(26)3)29-21(5)27-13-24(15-28-27)22-9-10-22/h6-8,11-14,18,22,29H,1,5,9-10,15-17H2,2-4H3/b20-12+,23-7+. The summed E-state index contributed by atoms with van der Waals surface area (Å²) in [5, 5.41) is 3.48. The van der Waals surface area contributed by atoms with Crippen LogP contribution in [0.3, 0.4) is 0 Å². The lowest BCUT2D eigenvalue weighted by Crippen LogP contribution is -2.43. The zero-order valence-electron chi connectivity index (χ0n) is 18.5. The fraction of sp³-hybridized carbons (Fsp3) is 0.370. The molecule has 0 spiro atoms. The second kappa shape index (κ2) is 8.51. The highest BCUT2D eigenvalue weighted by molar-refractivity contribution is 6.11. The van der Waals surface area contributed by atoms with Crippen molar-refractivity contribution < 1.29 is 0 Å². The first-order chi connectivity index (χ1) is 14.4. The molecule has 0 atom stereocenters. The zero-order valence-corrected chi connectivity index (χ0v) is 18.5. The van der Waals surface area contributed by atoms with E-state index in [1.165, 1.54) is 40.8 Å². The summed E-state index contributed by atoms with van der Waals surface area (Å²) in [6, 6.07) is 6.49. The van der Waals surface area contributed by atoms with Crippen molar-refractivity contribution in [2.45, 2.75) is 33.6 Å². The zero-order chi connectivity index (χ0) is 21.3. The Bertz CT molecular complexity index is 979. The highest BCUT2D eigenvalue weighted by Crippen LogP contribution is 2.38. The molecule has 0 unspecified atom stereocenters. The predicted octanol–water partition coefficient (Wildman–Crippen LogP) is 6.14. The maximum atomic E-state index is 4.68. The number of aliphatic imine (C=N–C) groups is 1. The molecule has 4 rings (SSSR count). The molecule has 2 fully saturated rings. The lowest BCUT2D eigenvalue weighted by Gasteiger charge is -2.40. The summed E-state index contributed by atoms with van der Waals surface area (Å²) in [4.78, 5) is 7.12. The first-order valence-corrected chi connectivity index (χ1v) is 11.0. The Balaban J connectivity index is 1.53. The molecule has 156 valence electrons. The van der Waals surface area contributed by atoms with Gasteiger partial charge in [0.1, 0.15) is 0 Å². The van der Waals surface area contributed by atoms with Crippen molar-refractivity contribution in [3.63, 3.8) is 0 Å². The van der Waals surface area contributed by atoms with Crippen molar-refractivity contribution >= 4 is 17.0 Å². The van der Waals surface area contributed by atoms with Crippen LogP contribution in [0.15, 0.2) is 77.6 Å². The molecule has 0 bridgehead atoms. The van der Waals surface area contributed by atoms with Gasteiger partial charge in [0.15, 0.2) is 0 Å². The molecule has 0 aromatic heterocycles. The van der Waals surface area contributed by atoms with Crippen LogP contribution in [-0.4, -0.2) is 30.2 Å². The van der Waals surface area contributed by atoms with Gasteiger partial charge in [0.2, 0.25) is 0 Å². The summed E-state index contributed by atoms with van der Waals surface area (Å²) >= 11 is 0. The molecule has 2 aliphatic heterocycles. The number of aryl methyl sites for hydroxylation is 1. The minimum atomic E-state index is 0.765.